The molecule has 0 fully saturated rings. The Hall–Kier alpha value is -2.89. The van der Waals surface area contributed by atoms with Crippen LogP contribution in [-0.4, -0.2) is 17.5 Å². The van der Waals surface area contributed by atoms with Gasteiger partial charge in [-0.25, -0.2) is 4.79 Å². The number of anilines is 1. The van der Waals surface area contributed by atoms with Crippen LogP contribution in [0.3, 0.4) is 0 Å². The predicted octanol–water partition coefficient (Wildman–Crippen LogP) is 3.69. The highest BCUT2D eigenvalue weighted by atomic mass is 16.6. The molecule has 0 aliphatic heterocycles. The average Bonchev–Trinajstić information content (AvgIpc) is 2.54. The quantitative estimate of drug-likeness (QED) is 0.499. The first-order valence-corrected chi connectivity index (χ1v) is 7.26. The van der Waals surface area contributed by atoms with E-state index in [0.717, 1.165) is 11.1 Å². The van der Waals surface area contributed by atoms with Crippen molar-refractivity contribution < 1.29 is 14.5 Å². The summed E-state index contributed by atoms with van der Waals surface area (Å²) in [6, 6.07) is 12.0. The highest BCUT2D eigenvalue weighted by Crippen LogP contribution is 2.25. The highest BCUT2D eigenvalue weighted by molar-refractivity contribution is 5.89. The van der Waals surface area contributed by atoms with Gasteiger partial charge < -0.3 is 10.1 Å². The van der Waals surface area contributed by atoms with E-state index in [1.54, 1.807) is 37.3 Å². The van der Waals surface area contributed by atoms with Crippen molar-refractivity contribution in [2.45, 2.75) is 20.4 Å². The van der Waals surface area contributed by atoms with Crippen LogP contribution in [-0.2, 0) is 11.3 Å². The van der Waals surface area contributed by atoms with Crippen molar-refractivity contribution in [3.05, 3.63) is 69.3 Å². The van der Waals surface area contributed by atoms with Gasteiger partial charge in [-0.2, -0.15) is 0 Å². The summed E-state index contributed by atoms with van der Waals surface area (Å²) >= 11 is 0. The zero-order chi connectivity index (χ0) is 16.8. The second kappa shape index (κ2) is 7.40. The van der Waals surface area contributed by atoms with Crippen molar-refractivity contribution in [1.82, 2.24) is 0 Å². The van der Waals surface area contributed by atoms with E-state index in [4.69, 9.17) is 4.74 Å². The molecule has 120 valence electrons. The van der Waals surface area contributed by atoms with E-state index >= 15 is 0 Å². The lowest BCUT2D eigenvalue weighted by atomic mass is 10.1. The van der Waals surface area contributed by atoms with Gasteiger partial charge in [-0.15, -0.1) is 0 Å². The minimum Gasteiger partial charge on any atom is -0.462 e. The maximum absolute atomic E-state index is 11.6. The van der Waals surface area contributed by atoms with E-state index in [1.807, 2.05) is 13.0 Å². The third-order valence-electron chi connectivity index (χ3n) is 3.30. The second-order valence-electron chi connectivity index (χ2n) is 5.05. The molecule has 0 heterocycles. The van der Waals surface area contributed by atoms with Gasteiger partial charge in [0.15, 0.2) is 0 Å². The topological polar surface area (TPSA) is 81.5 Å². The van der Waals surface area contributed by atoms with Crippen molar-refractivity contribution in [2.75, 3.05) is 11.9 Å². The number of esters is 1. The second-order valence-corrected chi connectivity index (χ2v) is 5.05. The van der Waals surface area contributed by atoms with Crippen LogP contribution in [0.4, 0.5) is 11.4 Å². The van der Waals surface area contributed by atoms with Crippen molar-refractivity contribution in [3.63, 3.8) is 0 Å². The fraction of sp³-hybridized carbons (Fsp3) is 0.235. The van der Waals surface area contributed by atoms with Crippen molar-refractivity contribution in [1.29, 1.82) is 0 Å². The lowest BCUT2D eigenvalue weighted by molar-refractivity contribution is -0.384. The number of nitrogens with one attached hydrogen (secondary N) is 1. The molecule has 2 aromatic rings. The monoisotopic (exact) mass is 314 g/mol. The molecule has 0 aliphatic carbocycles. The normalized spacial score (nSPS) is 10.2. The molecule has 0 unspecified atom stereocenters. The first-order valence-electron chi connectivity index (χ1n) is 7.26. The van der Waals surface area contributed by atoms with Gasteiger partial charge in [0.05, 0.1) is 17.1 Å². The Morgan fingerprint density at radius 2 is 1.91 bits per heavy atom. The van der Waals surface area contributed by atoms with E-state index < -0.39 is 4.92 Å². The van der Waals surface area contributed by atoms with Gasteiger partial charge in [0.1, 0.15) is 5.69 Å². The molecule has 2 aromatic carbocycles. The molecule has 0 saturated carbocycles. The number of carbonyl (C=O) groups is 1. The van der Waals surface area contributed by atoms with Crippen molar-refractivity contribution >= 4 is 17.3 Å². The van der Waals surface area contributed by atoms with Gasteiger partial charge in [-0.1, -0.05) is 18.2 Å². The largest absolute Gasteiger partial charge is 0.462 e. The number of ether oxygens (including phenoxy) is 1. The maximum Gasteiger partial charge on any atom is 0.338 e. The van der Waals surface area contributed by atoms with Gasteiger partial charge in [0.2, 0.25) is 0 Å². The fourth-order valence-electron chi connectivity index (χ4n) is 2.11. The Bertz CT molecular complexity index is 711. The van der Waals surface area contributed by atoms with Gasteiger partial charge in [-0.3, -0.25) is 10.1 Å². The first-order chi connectivity index (χ1) is 11.0. The number of hydrogen-bond acceptors (Lipinski definition) is 5. The number of aryl methyl sites for hydroxylation is 1. The van der Waals surface area contributed by atoms with E-state index in [-0.39, 0.29) is 11.7 Å². The van der Waals surface area contributed by atoms with Crippen molar-refractivity contribution in [2.24, 2.45) is 0 Å². The molecule has 2 rings (SSSR count). The summed E-state index contributed by atoms with van der Waals surface area (Å²) in [7, 11) is 0. The van der Waals surface area contributed by atoms with Crippen LogP contribution < -0.4 is 5.32 Å². The zero-order valence-corrected chi connectivity index (χ0v) is 13.0. The Balaban J connectivity index is 2.07. The molecule has 0 radical (unpaired) electrons. The van der Waals surface area contributed by atoms with Gasteiger partial charge >= 0.3 is 5.97 Å². The highest BCUT2D eigenvalue weighted by Gasteiger charge is 2.13. The zero-order valence-electron chi connectivity index (χ0n) is 13.0. The number of rotatable bonds is 6. The number of nitro groups is 1. The molecule has 0 bridgehead atoms. The van der Waals surface area contributed by atoms with E-state index in [2.05, 4.69) is 5.32 Å². The average molecular weight is 314 g/mol. The third kappa shape index (κ3) is 4.29. The Kier molecular flexibility index (Phi) is 5.30. The maximum atomic E-state index is 11.6. The lowest BCUT2D eigenvalue weighted by Gasteiger charge is -2.08. The summed E-state index contributed by atoms with van der Waals surface area (Å²) in [6.45, 7) is 4.32. The molecule has 6 nitrogen and oxygen atoms in total. The number of nitro benzene ring substituents is 1. The Morgan fingerprint density at radius 1 is 1.22 bits per heavy atom. The van der Waals surface area contributed by atoms with Gasteiger partial charge in [0, 0.05) is 12.6 Å². The molecular weight excluding hydrogens is 296 g/mol. The van der Waals surface area contributed by atoms with Gasteiger partial charge in [0.25, 0.3) is 5.69 Å². The van der Waals surface area contributed by atoms with Crippen LogP contribution in [0.2, 0.25) is 0 Å². The van der Waals surface area contributed by atoms with E-state index in [1.165, 1.54) is 6.07 Å². The molecule has 1 N–H and O–H groups in total. The third-order valence-corrected chi connectivity index (χ3v) is 3.30. The molecule has 0 aromatic heterocycles. The lowest BCUT2D eigenvalue weighted by Crippen LogP contribution is -2.06. The van der Waals surface area contributed by atoms with Crippen LogP contribution in [0.15, 0.2) is 42.5 Å². The standard InChI is InChI=1S/C17H18N2O4/c1-3-23-17(20)14-7-5-13(6-8-14)11-18-15-9-4-12(2)10-16(15)19(21)22/h4-10,18H,3,11H2,1-2H3. The van der Waals surface area contributed by atoms with Crippen LogP contribution in [0.1, 0.15) is 28.4 Å². The molecule has 0 atom stereocenters. The van der Waals surface area contributed by atoms with Crippen LogP contribution in [0.25, 0.3) is 0 Å². The molecule has 0 amide bonds. The fourth-order valence-corrected chi connectivity index (χ4v) is 2.11. The smallest absolute Gasteiger partial charge is 0.338 e. The minimum absolute atomic E-state index is 0.0492. The molecule has 0 aliphatic rings. The molecule has 0 spiro atoms. The molecular formula is C17H18N2O4. The summed E-state index contributed by atoms with van der Waals surface area (Å²) < 4.78 is 4.92. The predicted molar refractivity (Wildman–Crippen MR) is 87.6 cm³/mol. The molecule has 6 heteroatoms. The summed E-state index contributed by atoms with van der Waals surface area (Å²) in [4.78, 5) is 22.3. The number of benzene rings is 2. The number of hydrogen-bond donors (Lipinski definition) is 1. The SMILES string of the molecule is CCOC(=O)c1ccc(CNc2ccc(C)cc2[N+](=O)[O-])cc1. The van der Waals surface area contributed by atoms with Crippen LogP contribution in [0.5, 0.6) is 0 Å². The summed E-state index contributed by atoms with van der Waals surface area (Å²) in [5.41, 5.74) is 2.74. The number of carbonyl (C=O) groups excluding carboxylic acids is 1. The van der Waals surface area contributed by atoms with E-state index in [0.29, 0.717) is 24.4 Å². The summed E-state index contributed by atoms with van der Waals surface area (Å²) in [5.74, 6) is -0.360. The first kappa shape index (κ1) is 16.5. The van der Waals surface area contributed by atoms with Gasteiger partial charge in [-0.05, 0) is 43.2 Å². The number of nitrogens with zero attached hydrogens (tertiary/aromatic N) is 1. The van der Waals surface area contributed by atoms with Crippen molar-refractivity contribution in [3.8, 4) is 0 Å². The van der Waals surface area contributed by atoms with E-state index in [9.17, 15) is 14.9 Å². The Labute approximate surface area is 134 Å². The summed E-state index contributed by atoms with van der Waals surface area (Å²) in [5, 5.41) is 14.1. The Morgan fingerprint density at radius 3 is 2.52 bits per heavy atom. The molecule has 23 heavy (non-hydrogen) atoms. The summed E-state index contributed by atoms with van der Waals surface area (Å²) in [6.07, 6.45) is 0. The van der Waals surface area contributed by atoms with Crippen LogP contribution in [0, 0.1) is 17.0 Å². The van der Waals surface area contributed by atoms with Crippen LogP contribution >= 0.6 is 0 Å². The molecule has 0 saturated heterocycles. The minimum atomic E-state index is -0.404.